The molecule has 3 rings (SSSR count). The second-order valence-electron chi connectivity index (χ2n) is 4.17. The van der Waals surface area contributed by atoms with Gasteiger partial charge in [-0.25, -0.2) is 9.67 Å². The van der Waals surface area contributed by atoms with Gasteiger partial charge in [0.05, 0.1) is 7.05 Å². The number of aromatic nitrogens is 3. The number of benzene rings is 1. The van der Waals surface area contributed by atoms with Gasteiger partial charge in [-0.3, -0.25) is 4.79 Å². The number of fused-ring (bicyclic) bond motifs is 3. The van der Waals surface area contributed by atoms with Crippen molar-refractivity contribution in [3.05, 3.63) is 40.1 Å². The minimum absolute atomic E-state index is 0.165. The molecule has 0 bridgehead atoms. The summed E-state index contributed by atoms with van der Waals surface area (Å²) < 4.78 is 3.55. The number of aromatic amines is 1. The number of nitrogens with zero attached hydrogens (tertiary/aromatic N) is 3. The first-order valence-electron chi connectivity index (χ1n) is 5.68. The largest absolute Gasteiger partial charge is 0.356 e. The molecule has 0 radical (unpaired) electrons. The number of para-hydroxylation sites is 2. The maximum atomic E-state index is 12.4. The highest BCUT2D eigenvalue weighted by Gasteiger charge is 2.24. The molecule has 0 aliphatic heterocycles. The van der Waals surface area contributed by atoms with Gasteiger partial charge in [-0.05, 0) is 18.4 Å². The fourth-order valence-corrected chi connectivity index (χ4v) is 2.83. The van der Waals surface area contributed by atoms with E-state index < -0.39 is 0 Å². The summed E-state index contributed by atoms with van der Waals surface area (Å²) in [5.74, 6) is 0. The van der Waals surface area contributed by atoms with Gasteiger partial charge in [0, 0.05) is 0 Å². The molecule has 5 nitrogen and oxygen atoms in total. The van der Waals surface area contributed by atoms with Crippen LogP contribution in [0.2, 0.25) is 0 Å². The molecule has 0 unspecified atom stereocenters. The molecule has 0 spiro atoms. The molecule has 0 aliphatic rings. The monoisotopic (exact) mass is 271 g/mol. The number of thioether (sulfide) groups is 1. The van der Waals surface area contributed by atoms with E-state index in [-0.39, 0.29) is 11.0 Å². The van der Waals surface area contributed by atoms with Crippen LogP contribution >= 0.6 is 11.8 Å². The molecule has 6 heteroatoms. The molecule has 94 valence electrons. The Morgan fingerprint density at radius 3 is 2.84 bits per heavy atom. The molecular weight excluding hydrogens is 260 g/mol. The maximum absolute atomic E-state index is 12.4. The van der Waals surface area contributed by atoms with E-state index in [9.17, 15) is 4.79 Å². The summed E-state index contributed by atoms with van der Waals surface area (Å²) in [7, 11) is 1.83. The lowest BCUT2D eigenvalue weighted by Crippen LogP contribution is -2.33. The number of hydrogen-bond acceptors (Lipinski definition) is 3. The maximum Gasteiger partial charge on any atom is 0.356 e. The summed E-state index contributed by atoms with van der Waals surface area (Å²) in [6.07, 6.45) is 1.84. The minimum Gasteiger partial charge on any atom is -0.279 e. The average Bonchev–Trinajstić information content (AvgIpc) is 2.73. The van der Waals surface area contributed by atoms with Crippen molar-refractivity contribution in [1.29, 1.82) is 5.26 Å². The van der Waals surface area contributed by atoms with Crippen LogP contribution in [0.3, 0.4) is 0 Å². The van der Waals surface area contributed by atoms with Crippen molar-refractivity contribution in [2.24, 2.45) is 7.05 Å². The third-order valence-electron chi connectivity index (χ3n) is 3.20. The third kappa shape index (κ3) is 1.48. The van der Waals surface area contributed by atoms with Gasteiger partial charge in [0.15, 0.2) is 5.52 Å². The molecule has 1 aromatic carbocycles. The van der Waals surface area contributed by atoms with E-state index in [4.69, 9.17) is 5.26 Å². The number of aryl methyl sites for hydroxylation is 1. The molecule has 0 aliphatic carbocycles. The highest BCUT2D eigenvalue weighted by molar-refractivity contribution is 7.98. The van der Waals surface area contributed by atoms with Gasteiger partial charge in [0.2, 0.25) is 5.52 Å². The Kier molecular flexibility index (Phi) is 2.57. The van der Waals surface area contributed by atoms with Gasteiger partial charge in [0.1, 0.15) is 16.7 Å². The summed E-state index contributed by atoms with van der Waals surface area (Å²) in [5.41, 5.74) is 2.24. The third-order valence-corrected chi connectivity index (χ3v) is 3.90. The zero-order valence-electron chi connectivity index (χ0n) is 10.5. The van der Waals surface area contributed by atoms with Crippen LogP contribution in [0.25, 0.3) is 16.7 Å². The van der Waals surface area contributed by atoms with Crippen molar-refractivity contribution in [1.82, 2.24) is 9.61 Å². The molecule has 1 N–H and O–H groups in total. The van der Waals surface area contributed by atoms with E-state index in [1.807, 2.05) is 43.6 Å². The average molecular weight is 271 g/mol. The van der Waals surface area contributed by atoms with Crippen LogP contribution in [0.15, 0.2) is 34.1 Å². The summed E-state index contributed by atoms with van der Waals surface area (Å²) in [6.45, 7) is 0. The first-order valence-corrected chi connectivity index (χ1v) is 6.91. The summed E-state index contributed by atoms with van der Waals surface area (Å²) >= 11 is 1.36. The predicted molar refractivity (Wildman–Crippen MR) is 73.2 cm³/mol. The second kappa shape index (κ2) is 4.14. The molecule has 2 aromatic heterocycles. The molecule has 0 amide bonds. The molecule has 19 heavy (non-hydrogen) atoms. The molecule has 0 saturated carbocycles. The topological polar surface area (TPSA) is 64.9 Å². The minimum atomic E-state index is -0.246. The van der Waals surface area contributed by atoms with Gasteiger partial charge in [-0.1, -0.05) is 12.1 Å². The molecule has 0 atom stereocenters. The number of rotatable bonds is 1. The lowest BCUT2D eigenvalue weighted by molar-refractivity contribution is -0.619. The van der Waals surface area contributed by atoms with Crippen LogP contribution in [-0.2, 0) is 7.05 Å². The van der Waals surface area contributed by atoms with Gasteiger partial charge in [-0.2, -0.15) is 5.26 Å². The van der Waals surface area contributed by atoms with Crippen LogP contribution in [0.1, 0.15) is 5.56 Å². The van der Waals surface area contributed by atoms with E-state index in [1.165, 1.54) is 11.8 Å². The zero-order chi connectivity index (χ0) is 13.6. The molecule has 0 saturated heterocycles. The second-order valence-corrected chi connectivity index (χ2v) is 4.98. The fraction of sp³-hybridized carbons (Fsp3) is 0.154. The molecule has 3 aromatic rings. The number of hydrogen-bond donors (Lipinski definition) is 1. The van der Waals surface area contributed by atoms with Crippen molar-refractivity contribution in [2.75, 3.05) is 6.26 Å². The van der Waals surface area contributed by atoms with E-state index >= 15 is 0 Å². The Hall–Kier alpha value is -2.26. The van der Waals surface area contributed by atoms with E-state index in [0.29, 0.717) is 10.7 Å². The van der Waals surface area contributed by atoms with Gasteiger partial charge >= 0.3 is 5.65 Å². The van der Waals surface area contributed by atoms with Crippen LogP contribution in [0.4, 0.5) is 0 Å². The van der Waals surface area contributed by atoms with Crippen molar-refractivity contribution in [3.8, 4) is 6.07 Å². The number of H-pyrrole nitrogens is 1. The highest BCUT2D eigenvalue weighted by atomic mass is 32.2. The SMILES string of the molecule is CSc1[nH]n2c3ccccc3[n+](C)c2c(=O)c1C#N. The summed E-state index contributed by atoms with van der Waals surface area (Å²) in [4.78, 5) is 12.4. The normalized spacial score (nSPS) is 11.0. The quantitative estimate of drug-likeness (QED) is 0.534. The zero-order valence-corrected chi connectivity index (χ0v) is 11.3. The first-order chi connectivity index (χ1) is 9.19. The standard InChI is InChI=1S/C13H10N4OS/c1-16-9-5-3-4-6-10(9)17-13(16)11(18)8(7-14)12(15-17)19-2/h3-6H,1-2H3/p+1. The summed E-state index contributed by atoms with van der Waals surface area (Å²) in [5, 5.41) is 12.9. The Balaban J connectivity index is 2.66. The Bertz CT molecular complexity index is 901. The van der Waals surface area contributed by atoms with E-state index in [1.54, 1.807) is 9.08 Å². The van der Waals surface area contributed by atoms with E-state index in [0.717, 1.165) is 11.0 Å². The Morgan fingerprint density at radius 1 is 1.42 bits per heavy atom. The van der Waals surface area contributed by atoms with Crippen LogP contribution < -0.4 is 10.00 Å². The van der Waals surface area contributed by atoms with Crippen LogP contribution in [0.5, 0.6) is 0 Å². The Morgan fingerprint density at radius 2 is 2.16 bits per heavy atom. The van der Waals surface area contributed by atoms with Crippen LogP contribution in [-0.4, -0.2) is 15.9 Å². The van der Waals surface area contributed by atoms with Crippen molar-refractivity contribution >= 4 is 28.4 Å². The number of imidazole rings is 1. The first kappa shape index (κ1) is 11.8. The van der Waals surface area contributed by atoms with Crippen molar-refractivity contribution in [2.45, 2.75) is 5.03 Å². The smallest absolute Gasteiger partial charge is 0.279 e. The lowest BCUT2D eigenvalue weighted by Gasteiger charge is -1.97. The summed E-state index contributed by atoms with van der Waals surface area (Å²) in [6, 6.07) is 9.72. The van der Waals surface area contributed by atoms with Crippen molar-refractivity contribution < 1.29 is 4.57 Å². The van der Waals surface area contributed by atoms with Crippen molar-refractivity contribution in [3.63, 3.8) is 0 Å². The molecule has 2 heterocycles. The highest BCUT2D eigenvalue weighted by Crippen LogP contribution is 2.17. The number of nitriles is 1. The number of nitrogens with one attached hydrogen (secondary N) is 1. The lowest BCUT2D eigenvalue weighted by atomic mass is 10.3. The van der Waals surface area contributed by atoms with Crippen LogP contribution in [0, 0.1) is 11.3 Å². The molecular formula is C13H11N4OS+. The molecule has 0 fully saturated rings. The van der Waals surface area contributed by atoms with Gasteiger partial charge < -0.3 is 0 Å². The Labute approximate surface area is 113 Å². The van der Waals surface area contributed by atoms with Gasteiger partial charge in [-0.15, -0.1) is 16.3 Å². The fourth-order valence-electron chi connectivity index (χ4n) is 2.30. The van der Waals surface area contributed by atoms with E-state index in [2.05, 4.69) is 5.10 Å². The predicted octanol–water partition coefficient (Wildman–Crippen LogP) is 1.20. The van der Waals surface area contributed by atoms with Gasteiger partial charge in [0.25, 0.3) is 5.43 Å².